The van der Waals surface area contributed by atoms with Crippen molar-refractivity contribution in [3.8, 4) is 5.88 Å². The maximum Gasteiger partial charge on any atom is 0.267 e. The molecule has 0 aliphatic rings. The molecule has 11 heteroatoms. The Hall–Kier alpha value is -3.63. The van der Waals surface area contributed by atoms with Crippen LogP contribution < -0.4 is 32.4 Å². The van der Waals surface area contributed by atoms with Crippen molar-refractivity contribution in [2.75, 3.05) is 17.7 Å². The van der Waals surface area contributed by atoms with Crippen molar-refractivity contribution in [2.24, 2.45) is 17.4 Å². The van der Waals surface area contributed by atoms with Crippen molar-refractivity contribution < 1.29 is 14.3 Å². The molecule has 28 heavy (non-hydrogen) atoms. The maximum atomic E-state index is 12.3. The predicted molar refractivity (Wildman–Crippen MR) is 104 cm³/mol. The molecule has 0 aliphatic heterocycles. The van der Waals surface area contributed by atoms with E-state index < -0.39 is 23.4 Å². The van der Waals surface area contributed by atoms with Gasteiger partial charge in [0.2, 0.25) is 17.7 Å². The van der Waals surface area contributed by atoms with E-state index in [-0.39, 0.29) is 23.2 Å². The van der Waals surface area contributed by atoms with Crippen LogP contribution in [0.5, 0.6) is 5.88 Å². The molecule has 0 saturated heterocycles. The van der Waals surface area contributed by atoms with Crippen LogP contribution in [-0.2, 0) is 4.79 Å². The number of carbonyl (C=O) groups excluding carboxylic acids is 2. The Morgan fingerprint density at radius 2 is 2.00 bits per heavy atom. The smallest absolute Gasteiger partial charge is 0.267 e. The van der Waals surface area contributed by atoms with Gasteiger partial charge in [0, 0.05) is 6.07 Å². The average Bonchev–Trinajstić information content (AvgIpc) is 2.60. The first-order valence-corrected chi connectivity index (χ1v) is 8.48. The van der Waals surface area contributed by atoms with Gasteiger partial charge in [-0.2, -0.15) is 4.98 Å². The van der Waals surface area contributed by atoms with Crippen LogP contribution in [0.25, 0.3) is 0 Å². The van der Waals surface area contributed by atoms with Gasteiger partial charge >= 0.3 is 0 Å². The number of pyridine rings is 1. The molecule has 2 rings (SSSR count). The molecule has 11 nitrogen and oxygen atoms in total. The number of methoxy groups -OCH3 is 1. The van der Waals surface area contributed by atoms with Crippen molar-refractivity contribution in [3.05, 3.63) is 34.2 Å². The number of primary amides is 2. The Morgan fingerprint density at radius 3 is 2.50 bits per heavy atom. The molecule has 0 radical (unpaired) electrons. The first kappa shape index (κ1) is 20.7. The summed E-state index contributed by atoms with van der Waals surface area (Å²) in [5.74, 6) is -1.10. The fraction of sp³-hybridized carbons (Fsp3) is 0.353. The summed E-state index contributed by atoms with van der Waals surface area (Å²) in [6.45, 7) is 3.85. The maximum absolute atomic E-state index is 12.3. The van der Waals surface area contributed by atoms with Crippen molar-refractivity contribution >= 4 is 29.3 Å². The average molecular weight is 389 g/mol. The van der Waals surface area contributed by atoms with Crippen molar-refractivity contribution in [2.45, 2.75) is 26.3 Å². The summed E-state index contributed by atoms with van der Waals surface area (Å²) in [5, 5.41) is 5.62. The van der Waals surface area contributed by atoms with Gasteiger partial charge in [-0.3, -0.25) is 19.4 Å². The van der Waals surface area contributed by atoms with E-state index in [0.29, 0.717) is 18.0 Å². The molecule has 0 saturated carbocycles. The van der Waals surface area contributed by atoms with Crippen LogP contribution in [0.2, 0.25) is 0 Å². The molecule has 2 heterocycles. The highest BCUT2D eigenvalue weighted by Crippen LogP contribution is 2.19. The van der Waals surface area contributed by atoms with Crippen molar-refractivity contribution in [1.82, 2.24) is 15.0 Å². The van der Waals surface area contributed by atoms with Crippen LogP contribution in [0.4, 0.5) is 17.5 Å². The van der Waals surface area contributed by atoms with Gasteiger partial charge in [-0.05, 0) is 18.4 Å². The molecule has 2 amide bonds. The van der Waals surface area contributed by atoms with Crippen LogP contribution in [0, 0.1) is 5.92 Å². The second-order valence-corrected chi connectivity index (χ2v) is 6.45. The number of ether oxygens (including phenoxy) is 1. The lowest BCUT2D eigenvalue weighted by Crippen LogP contribution is -2.38. The molecular formula is C17H23N7O4. The zero-order chi connectivity index (χ0) is 20.8. The van der Waals surface area contributed by atoms with E-state index in [0.717, 1.165) is 0 Å². The van der Waals surface area contributed by atoms with Crippen molar-refractivity contribution in [1.29, 1.82) is 0 Å². The van der Waals surface area contributed by atoms with Gasteiger partial charge in [0.15, 0.2) is 5.82 Å². The Balaban J connectivity index is 2.40. The summed E-state index contributed by atoms with van der Waals surface area (Å²) in [6.07, 6.45) is 1.87. The number of hydrogen-bond donors (Lipinski definition) is 5. The molecule has 0 bridgehead atoms. The van der Waals surface area contributed by atoms with E-state index in [9.17, 15) is 14.4 Å². The zero-order valence-electron chi connectivity index (χ0n) is 15.8. The summed E-state index contributed by atoms with van der Waals surface area (Å²) >= 11 is 0. The molecule has 2 aromatic heterocycles. The number of nitrogens with two attached hydrogens (primary N) is 2. The number of aromatic nitrogens is 3. The van der Waals surface area contributed by atoms with E-state index in [1.165, 1.54) is 13.3 Å². The summed E-state index contributed by atoms with van der Waals surface area (Å²) in [4.78, 5) is 46.3. The summed E-state index contributed by atoms with van der Waals surface area (Å²) in [6, 6.07) is 2.46. The highest BCUT2D eigenvalue weighted by molar-refractivity contribution is 5.98. The minimum absolute atomic E-state index is 0.0246. The van der Waals surface area contributed by atoms with Crippen LogP contribution in [0.3, 0.4) is 0 Å². The quantitative estimate of drug-likeness (QED) is 0.407. The van der Waals surface area contributed by atoms with Gasteiger partial charge in [0.1, 0.15) is 11.6 Å². The van der Waals surface area contributed by atoms with Gasteiger partial charge < -0.3 is 26.8 Å². The second kappa shape index (κ2) is 8.84. The third kappa shape index (κ3) is 5.19. The first-order valence-electron chi connectivity index (χ1n) is 8.48. The topological polar surface area (TPSA) is 178 Å². The second-order valence-electron chi connectivity index (χ2n) is 6.45. The molecule has 150 valence electrons. The van der Waals surface area contributed by atoms with E-state index in [1.54, 1.807) is 12.1 Å². The SMILES string of the molecule is COc1ccc(Nc2nc(NC(CC(C)C)C(N)=O)[nH]c(=O)c2C(N)=O)cn1. The standard InChI is InChI=1S/C17H23N7O4/c1-8(2)6-10(13(18)25)22-17-23-15(12(14(19)26)16(27)24-17)21-9-4-5-11(28-3)20-7-9/h4-5,7-8,10H,6H2,1-3H3,(H2,18,25)(H2,19,26)(H3,21,22,23,24,27). The van der Waals surface area contributed by atoms with E-state index in [1.807, 2.05) is 13.8 Å². The Bertz CT molecular complexity index is 909. The molecule has 2 aromatic rings. The molecule has 0 aliphatic carbocycles. The fourth-order valence-corrected chi connectivity index (χ4v) is 2.45. The highest BCUT2D eigenvalue weighted by atomic mass is 16.5. The van der Waals surface area contributed by atoms with E-state index in [2.05, 4.69) is 25.6 Å². The minimum atomic E-state index is -0.960. The third-order valence-electron chi connectivity index (χ3n) is 3.74. The number of aromatic amines is 1. The number of nitrogens with zero attached hydrogens (tertiary/aromatic N) is 2. The number of rotatable bonds is 9. The zero-order valence-corrected chi connectivity index (χ0v) is 15.8. The number of amides is 2. The van der Waals surface area contributed by atoms with Crippen molar-refractivity contribution in [3.63, 3.8) is 0 Å². The lowest BCUT2D eigenvalue weighted by atomic mass is 10.0. The minimum Gasteiger partial charge on any atom is -0.481 e. The monoisotopic (exact) mass is 389 g/mol. The van der Waals surface area contributed by atoms with Gasteiger partial charge in [-0.1, -0.05) is 13.8 Å². The lowest BCUT2D eigenvalue weighted by Gasteiger charge is -2.18. The number of nitrogens with one attached hydrogen (secondary N) is 3. The van der Waals surface area contributed by atoms with E-state index in [4.69, 9.17) is 16.2 Å². The number of anilines is 3. The molecule has 7 N–H and O–H groups in total. The predicted octanol–water partition coefficient (Wildman–Crippen LogP) is 0.328. The number of hydrogen-bond acceptors (Lipinski definition) is 8. The Morgan fingerprint density at radius 1 is 1.29 bits per heavy atom. The molecule has 0 spiro atoms. The number of H-pyrrole nitrogens is 1. The largest absolute Gasteiger partial charge is 0.481 e. The first-order chi connectivity index (χ1) is 13.2. The highest BCUT2D eigenvalue weighted by Gasteiger charge is 2.21. The molecule has 0 fully saturated rings. The van der Waals surface area contributed by atoms with Crippen LogP contribution in [-0.4, -0.2) is 39.9 Å². The van der Waals surface area contributed by atoms with Crippen LogP contribution in [0.1, 0.15) is 30.6 Å². The van der Waals surface area contributed by atoms with Crippen LogP contribution in [0.15, 0.2) is 23.1 Å². The lowest BCUT2D eigenvalue weighted by molar-refractivity contribution is -0.119. The fourth-order valence-electron chi connectivity index (χ4n) is 2.45. The van der Waals surface area contributed by atoms with Crippen LogP contribution >= 0.6 is 0 Å². The molecule has 0 aromatic carbocycles. The van der Waals surface area contributed by atoms with E-state index >= 15 is 0 Å². The summed E-state index contributed by atoms with van der Waals surface area (Å²) < 4.78 is 4.98. The van der Waals surface area contributed by atoms with Gasteiger partial charge in [-0.25, -0.2) is 4.98 Å². The molecule has 1 atom stereocenters. The van der Waals surface area contributed by atoms with Gasteiger partial charge in [-0.15, -0.1) is 0 Å². The number of carbonyl (C=O) groups is 2. The molecule has 1 unspecified atom stereocenters. The van der Waals surface area contributed by atoms with Gasteiger partial charge in [0.25, 0.3) is 11.5 Å². The molecular weight excluding hydrogens is 366 g/mol. The third-order valence-corrected chi connectivity index (χ3v) is 3.74. The van der Waals surface area contributed by atoms with Gasteiger partial charge in [0.05, 0.1) is 19.0 Å². The summed E-state index contributed by atoms with van der Waals surface area (Å²) in [7, 11) is 1.48. The Kier molecular flexibility index (Phi) is 6.53. The normalized spacial score (nSPS) is 11.7. The summed E-state index contributed by atoms with van der Waals surface area (Å²) in [5.41, 5.74) is 10.0. The Labute approximate surface area is 160 Å².